The lowest BCUT2D eigenvalue weighted by molar-refractivity contribution is 0.811. The molecule has 1 heterocycles. The first-order valence-corrected chi connectivity index (χ1v) is 6.47. The van der Waals surface area contributed by atoms with Crippen molar-refractivity contribution >= 4 is 11.4 Å². The lowest BCUT2D eigenvalue weighted by atomic mass is 10.1. The zero-order chi connectivity index (χ0) is 12.5. The molecule has 1 unspecified atom stereocenters. The summed E-state index contributed by atoms with van der Waals surface area (Å²) in [6, 6.07) is 17.1. The van der Waals surface area contributed by atoms with Gasteiger partial charge in [0.25, 0.3) is 0 Å². The Morgan fingerprint density at radius 3 is 2.44 bits per heavy atom. The molecule has 1 atom stereocenters. The van der Waals surface area contributed by atoms with Crippen molar-refractivity contribution in [1.82, 2.24) is 0 Å². The molecule has 2 aromatic rings. The van der Waals surface area contributed by atoms with Gasteiger partial charge in [0.2, 0.25) is 0 Å². The molecule has 2 heteroatoms. The van der Waals surface area contributed by atoms with Crippen molar-refractivity contribution in [3.8, 4) is 0 Å². The molecule has 18 heavy (non-hydrogen) atoms. The van der Waals surface area contributed by atoms with Crippen molar-refractivity contribution in [3.05, 3.63) is 59.7 Å². The first-order valence-electron chi connectivity index (χ1n) is 6.47. The second kappa shape index (κ2) is 4.46. The van der Waals surface area contributed by atoms with E-state index in [9.17, 15) is 0 Å². The van der Waals surface area contributed by atoms with Gasteiger partial charge in [-0.15, -0.1) is 0 Å². The van der Waals surface area contributed by atoms with Gasteiger partial charge in [0.1, 0.15) is 0 Å². The number of nitrogens with two attached hydrogens (primary N) is 1. The second-order valence-corrected chi connectivity index (χ2v) is 4.88. The molecule has 0 aromatic heterocycles. The van der Waals surface area contributed by atoms with Gasteiger partial charge >= 0.3 is 0 Å². The van der Waals surface area contributed by atoms with Crippen LogP contribution in [0.25, 0.3) is 0 Å². The van der Waals surface area contributed by atoms with Crippen molar-refractivity contribution in [2.45, 2.75) is 19.4 Å². The molecule has 92 valence electrons. The Hall–Kier alpha value is -1.80. The molecule has 3 rings (SSSR count). The molecule has 2 aromatic carbocycles. The van der Waals surface area contributed by atoms with Crippen LogP contribution in [0.2, 0.25) is 0 Å². The summed E-state index contributed by atoms with van der Waals surface area (Å²) in [5.74, 6) is 0. The van der Waals surface area contributed by atoms with Gasteiger partial charge in [0.05, 0.1) is 0 Å². The molecule has 0 spiro atoms. The lowest BCUT2D eigenvalue weighted by Crippen LogP contribution is -2.17. The predicted octanol–water partition coefficient (Wildman–Crippen LogP) is 3.40. The lowest BCUT2D eigenvalue weighted by Gasteiger charge is -2.24. The Balaban J connectivity index is 2.08. The molecule has 0 saturated carbocycles. The molecule has 0 radical (unpaired) electrons. The van der Waals surface area contributed by atoms with E-state index in [1.165, 1.54) is 22.5 Å². The number of anilines is 2. The van der Waals surface area contributed by atoms with Crippen molar-refractivity contribution in [2.24, 2.45) is 5.73 Å². The number of hydrogen-bond acceptors (Lipinski definition) is 2. The summed E-state index contributed by atoms with van der Waals surface area (Å²) >= 11 is 0. The highest BCUT2D eigenvalue weighted by Crippen LogP contribution is 2.37. The minimum absolute atomic E-state index is 0.0639. The van der Waals surface area contributed by atoms with Crippen molar-refractivity contribution < 1.29 is 0 Å². The Kier molecular flexibility index (Phi) is 2.80. The third-order valence-corrected chi connectivity index (χ3v) is 3.61. The minimum atomic E-state index is 0.0639. The molecule has 2 N–H and O–H groups in total. The first kappa shape index (κ1) is 11.3. The Labute approximate surface area is 108 Å². The van der Waals surface area contributed by atoms with E-state index in [2.05, 4.69) is 53.4 Å². The number of fused-ring (bicyclic) bond motifs is 1. The van der Waals surface area contributed by atoms with Crippen LogP contribution in [0.4, 0.5) is 11.4 Å². The Morgan fingerprint density at radius 2 is 1.67 bits per heavy atom. The molecule has 1 aliphatic heterocycles. The van der Waals surface area contributed by atoms with Crippen LogP contribution in [0.5, 0.6) is 0 Å². The smallest absolute Gasteiger partial charge is 0.0459 e. The highest BCUT2D eigenvalue weighted by molar-refractivity contribution is 5.72. The summed E-state index contributed by atoms with van der Waals surface area (Å²) in [6.45, 7) is 3.09. The van der Waals surface area contributed by atoms with Crippen LogP contribution >= 0.6 is 0 Å². The van der Waals surface area contributed by atoms with Crippen LogP contribution in [0.1, 0.15) is 24.1 Å². The molecule has 0 amide bonds. The summed E-state index contributed by atoms with van der Waals surface area (Å²) < 4.78 is 0. The Bertz CT molecular complexity index is 561. The zero-order valence-corrected chi connectivity index (χ0v) is 10.6. The fraction of sp³-hybridized carbons (Fsp3) is 0.250. The Morgan fingerprint density at radius 1 is 1.00 bits per heavy atom. The van der Waals surface area contributed by atoms with E-state index >= 15 is 0 Å². The van der Waals surface area contributed by atoms with E-state index in [-0.39, 0.29) is 6.04 Å². The summed E-state index contributed by atoms with van der Waals surface area (Å²) in [5, 5.41) is 0. The van der Waals surface area contributed by atoms with Gasteiger partial charge in [-0.3, -0.25) is 0 Å². The van der Waals surface area contributed by atoms with Crippen LogP contribution in [-0.4, -0.2) is 6.54 Å². The SMILES string of the molecule is CC(N)c1ccccc1N1CCc2ccccc21. The number of benzene rings is 2. The van der Waals surface area contributed by atoms with E-state index in [0.29, 0.717) is 0 Å². The van der Waals surface area contributed by atoms with Crippen LogP contribution in [0.15, 0.2) is 48.5 Å². The second-order valence-electron chi connectivity index (χ2n) is 4.88. The molecule has 0 aliphatic carbocycles. The van der Waals surface area contributed by atoms with Crippen LogP contribution in [0.3, 0.4) is 0 Å². The zero-order valence-electron chi connectivity index (χ0n) is 10.6. The average Bonchev–Trinajstić information content (AvgIpc) is 2.82. The summed E-state index contributed by atoms with van der Waals surface area (Å²) in [6.07, 6.45) is 1.11. The number of hydrogen-bond donors (Lipinski definition) is 1. The number of para-hydroxylation sites is 2. The highest BCUT2D eigenvalue weighted by Gasteiger charge is 2.22. The van der Waals surface area contributed by atoms with Crippen molar-refractivity contribution in [1.29, 1.82) is 0 Å². The van der Waals surface area contributed by atoms with E-state index in [1.54, 1.807) is 0 Å². The summed E-state index contributed by atoms with van der Waals surface area (Å²) in [5.41, 5.74) is 11.3. The molecule has 0 bridgehead atoms. The number of rotatable bonds is 2. The molecular weight excluding hydrogens is 220 g/mol. The third kappa shape index (κ3) is 1.79. The van der Waals surface area contributed by atoms with E-state index in [1.807, 2.05) is 6.92 Å². The minimum Gasteiger partial charge on any atom is -0.341 e. The van der Waals surface area contributed by atoms with Crippen molar-refractivity contribution in [3.63, 3.8) is 0 Å². The highest BCUT2D eigenvalue weighted by atomic mass is 15.2. The molecule has 1 aliphatic rings. The van der Waals surface area contributed by atoms with Crippen LogP contribution in [-0.2, 0) is 6.42 Å². The standard InChI is InChI=1S/C16H18N2/c1-12(17)14-7-3-5-9-16(14)18-11-10-13-6-2-4-8-15(13)18/h2-9,12H,10-11,17H2,1H3. The topological polar surface area (TPSA) is 29.3 Å². The van der Waals surface area contributed by atoms with E-state index in [0.717, 1.165) is 13.0 Å². The van der Waals surface area contributed by atoms with Crippen molar-refractivity contribution in [2.75, 3.05) is 11.4 Å². The van der Waals surface area contributed by atoms with Gasteiger partial charge in [0, 0.05) is 24.0 Å². The first-order chi connectivity index (χ1) is 8.77. The number of nitrogens with zero attached hydrogens (tertiary/aromatic N) is 1. The quantitative estimate of drug-likeness (QED) is 0.868. The molecule has 0 fully saturated rings. The van der Waals surface area contributed by atoms with Gasteiger partial charge in [-0.05, 0) is 36.6 Å². The molecule has 2 nitrogen and oxygen atoms in total. The summed E-state index contributed by atoms with van der Waals surface area (Å²) in [4.78, 5) is 2.38. The summed E-state index contributed by atoms with van der Waals surface area (Å²) in [7, 11) is 0. The maximum absolute atomic E-state index is 6.08. The fourth-order valence-corrected chi connectivity index (χ4v) is 2.71. The maximum atomic E-state index is 6.08. The molecule has 0 saturated heterocycles. The van der Waals surface area contributed by atoms with E-state index in [4.69, 9.17) is 5.73 Å². The monoisotopic (exact) mass is 238 g/mol. The van der Waals surface area contributed by atoms with Crippen LogP contribution in [0, 0.1) is 0 Å². The largest absolute Gasteiger partial charge is 0.341 e. The third-order valence-electron chi connectivity index (χ3n) is 3.61. The molecular formula is C16H18N2. The maximum Gasteiger partial charge on any atom is 0.0459 e. The normalized spacial score (nSPS) is 15.6. The predicted molar refractivity (Wildman–Crippen MR) is 76.2 cm³/mol. The van der Waals surface area contributed by atoms with Crippen LogP contribution < -0.4 is 10.6 Å². The average molecular weight is 238 g/mol. The fourth-order valence-electron chi connectivity index (χ4n) is 2.71. The van der Waals surface area contributed by atoms with Gasteiger partial charge in [-0.2, -0.15) is 0 Å². The van der Waals surface area contributed by atoms with E-state index < -0.39 is 0 Å². The van der Waals surface area contributed by atoms with Gasteiger partial charge in [-0.25, -0.2) is 0 Å². The van der Waals surface area contributed by atoms with Gasteiger partial charge < -0.3 is 10.6 Å². The van der Waals surface area contributed by atoms with Gasteiger partial charge in [-0.1, -0.05) is 36.4 Å². The van der Waals surface area contributed by atoms with Gasteiger partial charge in [0.15, 0.2) is 0 Å².